The summed E-state index contributed by atoms with van der Waals surface area (Å²) in [6.07, 6.45) is -1.12. The SMILES string of the molecule is CC(=O)c1c(C)nn(CC(=O)N2C[C@H](O)C[C@@H](O)C2)c1C. The quantitative estimate of drug-likeness (QED) is 0.744. The van der Waals surface area contributed by atoms with E-state index in [1.165, 1.54) is 16.5 Å². The second-order valence-electron chi connectivity index (χ2n) is 5.60. The predicted octanol–water partition coefficient (Wildman–Crippen LogP) is -0.343. The van der Waals surface area contributed by atoms with E-state index >= 15 is 0 Å². The molecule has 1 aliphatic rings. The second-order valence-corrected chi connectivity index (χ2v) is 5.60. The summed E-state index contributed by atoms with van der Waals surface area (Å²) in [5, 5.41) is 23.5. The third kappa shape index (κ3) is 3.30. The fourth-order valence-corrected chi connectivity index (χ4v) is 2.84. The number of aryl methyl sites for hydroxylation is 1. The first-order chi connectivity index (χ1) is 9.79. The Morgan fingerprint density at radius 3 is 2.29 bits per heavy atom. The number of hydrogen-bond acceptors (Lipinski definition) is 5. The standard InChI is InChI=1S/C14H21N3O4/c1-8-14(10(3)18)9(2)17(15-8)7-13(21)16-5-11(19)4-12(20)6-16/h11-12,19-20H,4-7H2,1-3H3/t11-,12-/m1/s1. The van der Waals surface area contributed by atoms with Gasteiger partial charge in [-0.3, -0.25) is 14.3 Å². The molecule has 0 unspecified atom stereocenters. The zero-order valence-corrected chi connectivity index (χ0v) is 12.5. The van der Waals surface area contributed by atoms with E-state index < -0.39 is 12.2 Å². The molecule has 7 heteroatoms. The van der Waals surface area contributed by atoms with Gasteiger partial charge in [-0.1, -0.05) is 0 Å². The highest BCUT2D eigenvalue weighted by Crippen LogP contribution is 2.15. The van der Waals surface area contributed by atoms with Crippen LogP contribution in [0.2, 0.25) is 0 Å². The number of aromatic nitrogens is 2. The minimum Gasteiger partial charge on any atom is -0.391 e. The van der Waals surface area contributed by atoms with Crippen LogP contribution in [-0.2, 0) is 11.3 Å². The average molecular weight is 295 g/mol. The van der Waals surface area contributed by atoms with Crippen LogP contribution in [0.1, 0.15) is 35.1 Å². The number of β-amino-alcohol motifs (C(OH)–C–C–N with tert-alkyl or cyclic N) is 2. The Morgan fingerprint density at radius 2 is 1.81 bits per heavy atom. The summed E-state index contributed by atoms with van der Waals surface area (Å²) in [6.45, 7) is 5.40. The molecular formula is C14H21N3O4. The molecule has 0 bridgehead atoms. The van der Waals surface area contributed by atoms with Gasteiger partial charge >= 0.3 is 0 Å². The molecule has 0 aliphatic carbocycles. The van der Waals surface area contributed by atoms with Crippen LogP contribution in [0.15, 0.2) is 0 Å². The van der Waals surface area contributed by atoms with Crippen molar-refractivity contribution < 1.29 is 19.8 Å². The molecule has 1 aromatic heterocycles. The number of ketones is 1. The summed E-state index contributed by atoms with van der Waals surface area (Å²) in [4.78, 5) is 25.3. The lowest BCUT2D eigenvalue weighted by molar-refractivity contribution is -0.138. The van der Waals surface area contributed by atoms with Gasteiger partial charge in [-0.2, -0.15) is 5.10 Å². The third-order valence-corrected chi connectivity index (χ3v) is 3.78. The minimum absolute atomic E-state index is 0.000602. The monoisotopic (exact) mass is 295 g/mol. The van der Waals surface area contributed by atoms with Crippen molar-refractivity contribution in [1.29, 1.82) is 0 Å². The van der Waals surface area contributed by atoms with Crippen molar-refractivity contribution in [2.75, 3.05) is 13.1 Å². The molecule has 2 N–H and O–H groups in total. The highest BCUT2D eigenvalue weighted by Gasteiger charge is 2.28. The summed E-state index contributed by atoms with van der Waals surface area (Å²) in [6, 6.07) is 0. The van der Waals surface area contributed by atoms with Gasteiger partial charge in [0.2, 0.25) is 5.91 Å². The van der Waals surface area contributed by atoms with Gasteiger partial charge in [0.05, 0.1) is 23.5 Å². The molecule has 1 saturated heterocycles. The highest BCUT2D eigenvalue weighted by molar-refractivity contribution is 5.96. The van der Waals surface area contributed by atoms with Crippen LogP contribution in [0.4, 0.5) is 0 Å². The number of piperidine rings is 1. The van der Waals surface area contributed by atoms with Crippen LogP contribution in [0.5, 0.6) is 0 Å². The summed E-state index contributed by atoms with van der Waals surface area (Å²) in [5.41, 5.74) is 1.81. The van der Waals surface area contributed by atoms with E-state index in [4.69, 9.17) is 0 Å². The van der Waals surface area contributed by atoms with Crippen LogP contribution in [0.25, 0.3) is 0 Å². The molecule has 0 spiro atoms. The van der Waals surface area contributed by atoms with Gasteiger partial charge in [0, 0.05) is 25.2 Å². The lowest BCUT2D eigenvalue weighted by Crippen LogP contribution is -2.49. The zero-order valence-electron chi connectivity index (χ0n) is 12.5. The third-order valence-electron chi connectivity index (χ3n) is 3.78. The van der Waals surface area contributed by atoms with Crippen LogP contribution in [0, 0.1) is 13.8 Å². The van der Waals surface area contributed by atoms with E-state index in [9.17, 15) is 19.8 Å². The first kappa shape index (κ1) is 15.7. The van der Waals surface area contributed by atoms with E-state index in [2.05, 4.69) is 5.10 Å². The molecule has 1 amide bonds. The molecule has 1 aromatic rings. The number of aliphatic hydroxyl groups excluding tert-OH is 2. The lowest BCUT2D eigenvalue weighted by Gasteiger charge is -2.33. The molecule has 0 saturated carbocycles. The van der Waals surface area contributed by atoms with E-state index in [0.717, 1.165) is 0 Å². The number of amides is 1. The Kier molecular flexibility index (Phi) is 4.43. The topological polar surface area (TPSA) is 95.7 Å². The summed E-state index contributed by atoms with van der Waals surface area (Å²) >= 11 is 0. The fraction of sp³-hybridized carbons (Fsp3) is 0.643. The summed E-state index contributed by atoms with van der Waals surface area (Å²) < 4.78 is 1.50. The zero-order chi connectivity index (χ0) is 15.7. The lowest BCUT2D eigenvalue weighted by atomic mass is 10.1. The molecule has 0 aromatic carbocycles. The smallest absolute Gasteiger partial charge is 0.244 e. The van der Waals surface area contributed by atoms with Gasteiger partial charge in [-0.05, 0) is 20.8 Å². The Labute approximate surface area is 123 Å². The Bertz CT molecular complexity index is 557. The van der Waals surface area contributed by atoms with Crippen molar-refractivity contribution in [1.82, 2.24) is 14.7 Å². The molecule has 2 atom stereocenters. The predicted molar refractivity (Wildman–Crippen MR) is 74.9 cm³/mol. The number of Topliss-reactive ketones (excluding diaryl/α,β-unsaturated/α-hetero) is 1. The maximum Gasteiger partial charge on any atom is 0.244 e. The largest absolute Gasteiger partial charge is 0.391 e. The molecule has 21 heavy (non-hydrogen) atoms. The fourth-order valence-electron chi connectivity index (χ4n) is 2.84. The van der Waals surface area contributed by atoms with Crippen LogP contribution in [0.3, 0.4) is 0 Å². The Hall–Kier alpha value is -1.73. The van der Waals surface area contributed by atoms with Gasteiger partial charge < -0.3 is 15.1 Å². The van der Waals surface area contributed by atoms with Crippen molar-refractivity contribution in [3.8, 4) is 0 Å². The van der Waals surface area contributed by atoms with Gasteiger partial charge in [0.15, 0.2) is 5.78 Å². The van der Waals surface area contributed by atoms with Crippen molar-refractivity contribution >= 4 is 11.7 Å². The number of rotatable bonds is 3. The van der Waals surface area contributed by atoms with Crippen LogP contribution >= 0.6 is 0 Å². The Morgan fingerprint density at radius 1 is 1.24 bits per heavy atom. The maximum absolute atomic E-state index is 12.3. The molecule has 1 fully saturated rings. The van der Waals surface area contributed by atoms with Gasteiger partial charge in [-0.25, -0.2) is 0 Å². The van der Waals surface area contributed by atoms with E-state index in [-0.39, 0.29) is 37.7 Å². The number of aliphatic hydroxyl groups is 2. The molecule has 0 radical (unpaired) electrons. The molecule has 2 heterocycles. The number of likely N-dealkylation sites (tertiary alicyclic amines) is 1. The van der Waals surface area contributed by atoms with Crippen molar-refractivity contribution in [2.24, 2.45) is 0 Å². The van der Waals surface area contributed by atoms with E-state index in [1.54, 1.807) is 13.8 Å². The van der Waals surface area contributed by atoms with Crippen molar-refractivity contribution in [3.63, 3.8) is 0 Å². The number of nitrogens with zero attached hydrogens (tertiary/aromatic N) is 3. The molecule has 116 valence electrons. The average Bonchev–Trinajstić information content (AvgIpc) is 2.63. The van der Waals surface area contributed by atoms with Crippen molar-refractivity contribution in [3.05, 3.63) is 17.0 Å². The molecular weight excluding hydrogens is 274 g/mol. The highest BCUT2D eigenvalue weighted by atomic mass is 16.3. The van der Waals surface area contributed by atoms with Crippen LogP contribution < -0.4 is 0 Å². The number of carbonyl (C=O) groups excluding carboxylic acids is 2. The summed E-state index contributed by atoms with van der Waals surface area (Å²) in [7, 11) is 0. The van der Waals surface area contributed by atoms with E-state index in [0.29, 0.717) is 17.0 Å². The molecule has 2 rings (SSSR count). The van der Waals surface area contributed by atoms with Gasteiger partial charge in [0.25, 0.3) is 0 Å². The normalized spacial score (nSPS) is 22.4. The summed E-state index contributed by atoms with van der Waals surface area (Å²) in [5.74, 6) is -0.305. The van der Waals surface area contributed by atoms with Crippen molar-refractivity contribution in [2.45, 2.75) is 45.9 Å². The number of carbonyl (C=O) groups is 2. The maximum atomic E-state index is 12.3. The Balaban J connectivity index is 2.13. The molecule has 7 nitrogen and oxygen atoms in total. The number of hydrogen-bond donors (Lipinski definition) is 2. The first-order valence-corrected chi connectivity index (χ1v) is 6.98. The minimum atomic E-state index is -0.703. The molecule has 1 aliphatic heterocycles. The van der Waals surface area contributed by atoms with Gasteiger partial charge in [0.1, 0.15) is 6.54 Å². The van der Waals surface area contributed by atoms with Gasteiger partial charge in [-0.15, -0.1) is 0 Å². The van der Waals surface area contributed by atoms with Crippen LogP contribution in [-0.4, -0.2) is 61.9 Å². The van der Waals surface area contributed by atoms with E-state index in [1.807, 2.05) is 0 Å². The second kappa shape index (κ2) is 5.95. The first-order valence-electron chi connectivity index (χ1n) is 6.98.